The summed E-state index contributed by atoms with van der Waals surface area (Å²) >= 11 is 0. The zero-order valence-corrected chi connectivity index (χ0v) is 15.4. The summed E-state index contributed by atoms with van der Waals surface area (Å²) < 4.78 is 7.55. The van der Waals surface area contributed by atoms with Gasteiger partial charge < -0.3 is 19.3 Å². The Kier molecular flexibility index (Phi) is 5.13. The number of carboxylic acids is 1. The predicted molar refractivity (Wildman–Crippen MR) is 97.9 cm³/mol. The van der Waals surface area contributed by atoms with Crippen molar-refractivity contribution in [3.63, 3.8) is 0 Å². The minimum atomic E-state index is -0.915. The Morgan fingerprint density at radius 1 is 1.23 bits per heavy atom. The average molecular weight is 356 g/mol. The standard InChI is InChI=1S/C20H24N2O4/c1-13-5-4-6-16(9-13)22-14(2)10-18(15(22)3)20(25)21-7-8-26-17(12-21)11-19(23)24/h4-6,9-10,17H,7-8,11-12H2,1-3H3,(H,23,24). The monoisotopic (exact) mass is 356 g/mol. The lowest BCUT2D eigenvalue weighted by molar-refractivity contribution is -0.141. The molecule has 1 aromatic heterocycles. The molecule has 0 radical (unpaired) electrons. The fourth-order valence-electron chi connectivity index (χ4n) is 3.54. The summed E-state index contributed by atoms with van der Waals surface area (Å²) in [5.74, 6) is -0.988. The summed E-state index contributed by atoms with van der Waals surface area (Å²) in [7, 11) is 0. The summed E-state index contributed by atoms with van der Waals surface area (Å²) in [4.78, 5) is 25.6. The van der Waals surface area contributed by atoms with Gasteiger partial charge in [-0.05, 0) is 44.5 Å². The van der Waals surface area contributed by atoms with Gasteiger partial charge in [0.05, 0.1) is 24.7 Å². The van der Waals surface area contributed by atoms with Crippen molar-refractivity contribution in [2.45, 2.75) is 33.3 Å². The number of rotatable bonds is 4. The molecule has 0 spiro atoms. The van der Waals surface area contributed by atoms with Crippen molar-refractivity contribution in [1.29, 1.82) is 0 Å². The van der Waals surface area contributed by atoms with Crippen molar-refractivity contribution >= 4 is 11.9 Å². The van der Waals surface area contributed by atoms with E-state index in [2.05, 4.69) is 10.6 Å². The Hall–Kier alpha value is -2.60. The molecule has 26 heavy (non-hydrogen) atoms. The predicted octanol–water partition coefficient (Wildman–Crippen LogP) is 2.72. The minimum absolute atomic E-state index is 0.0734. The summed E-state index contributed by atoms with van der Waals surface area (Å²) in [5.41, 5.74) is 4.73. The molecule has 6 heteroatoms. The third-order valence-corrected chi connectivity index (χ3v) is 4.75. The zero-order chi connectivity index (χ0) is 18.8. The van der Waals surface area contributed by atoms with Gasteiger partial charge in [-0.15, -0.1) is 0 Å². The molecule has 1 N–H and O–H groups in total. The molecular weight excluding hydrogens is 332 g/mol. The molecule has 3 rings (SSSR count). The van der Waals surface area contributed by atoms with Crippen molar-refractivity contribution in [2.24, 2.45) is 0 Å². The molecule has 1 amide bonds. The molecular formula is C20H24N2O4. The third-order valence-electron chi connectivity index (χ3n) is 4.75. The second kappa shape index (κ2) is 7.33. The van der Waals surface area contributed by atoms with E-state index in [9.17, 15) is 9.59 Å². The molecule has 6 nitrogen and oxygen atoms in total. The van der Waals surface area contributed by atoms with E-state index in [-0.39, 0.29) is 12.3 Å². The molecule has 0 saturated carbocycles. The van der Waals surface area contributed by atoms with E-state index < -0.39 is 12.1 Å². The molecule has 138 valence electrons. The van der Waals surface area contributed by atoms with Crippen molar-refractivity contribution in [3.05, 3.63) is 52.8 Å². The lowest BCUT2D eigenvalue weighted by Crippen LogP contribution is -2.46. The van der Waals surface area contributed by atoms with Gasteiger partial charge in [-0.2, -0.15) is 0 Å². The number of aliphatic carboxylic acids is 1. The molecule has 2 aromatic rings. The first kappa shape index (κ1) is 18.2. The van der Waals surface area contributed by atoms with Crippen LogP contribution in [0.25, 0.3) is 5.69 Å². The van der Waals surface area contributed by atoms with Crippen LogP contribution in [0.2, 0.25) is 0 Å². The molecule has 1 aliphatic heterocycles. The van der Waals surface area contributed by atoms with Crippen LogP contribution in [0.4, 0.5) is 0 Å². The van der Waals surface area contributed by atoms with E-state index in [4.69, 9.17) is 9.84 Å². The molecule has 1 unspecified atom stereocenters. The van der Waals surface area contributed by atoms with Gasteiger partial charge in [0.15, 0.2) is 0 Å². The lowest BCUT2D eigenvalue weighted by atomic mass is 10.1. The van der Waals surface area contributed by atoms with Crippen LogP contribution in [0.15, 0.2) is 30.3 Å². The Morgan fingerprint density at radius 3 is 2.69 bits per heavy atom. The SMILES string of the molecule is Cc1cccc(-n2c(C)cc(C(=O)N3CCOC(CC(=O)O)C3)c2C)c1. The maximum atomic E-state index is 13.0. The highest BCUT2D eigenvalue weighted by atomic mass is 16.5. The van der Waals surface area contributed by atoms with Gasteiger partial charge >= 0.3 is 5.97 Å². The van der Waals surface area contributed by atoms with Crippen molar-refractivity contribution in [1.82, 2.24) is 9.47 Å². The third kappa shape index (κ3) is 3.65. The Labute approximate surface area is 153 Å². The Bertz CT molecular complexity index is 840. The molecule has 1 aliphatic rings. The maximum Gasteiger partial charge on any atom is 0.306 e. The highest BCUT2D eigenvalue weighted by Gasteiger charge is 2.28. The van der Waals surface area contributed by atoms with Gasteiger partial charge in [0.25, 0.3) is 5.91 Å². The zero-order valence-electron chi connectivity index (χ0n) is 15.4. The highest BCUT2D eigenvalue weighted by Crippen LogP contribution is 2.23. The molecule has 1 saturated heterocycles. The topological polar surface area (TPSA) is 71.8 Å². The average Bonchev–Trinajstić information content (AvgIpc) is 2.88. The molecule has 1 fully saturated rings. The van der Waals surface area contributed by atoms with E-state index in [1.54, 1.807) is 4.90 Å². The second-order valence-corrected chi connectivity index (χ2v) is 6.80. The first-order chi connectivity index (χ1) is 12.4. The van der Waals surface area contributed by atoms with Gasteiger partial charge in [0.2, 0.25) is 0 Å². The number of aryl methyl sites for hydroxylation is 2. The van der Waals surface area contributed by atoms with Crippen LogP contribution in [0.1, 0.15) is 33.7 Å². The summed E-state index contributed by atoms with van der Waals surface area (Å²) in [5, 5.41) is 8.95. The highest BCUT2D eigenvalue weighted by molar-refractivity contribution is 5.96. The smallest absolute Gasteiger partial charge is 0.306 e. The van der Waals surface area contributed by atoms with Crippen LogP contribution in [0, 0.1) is 20.8 Å². The Balaban J connectivity index is 1.87. The Morgan fingerprint density at radius 2 is 2.00 bits per heavy atom. The number of nitrogens with zero attached hydrogens (tertiary/aromatic N) is 2. The van der Waals surface area contributed by atoms with Crippen LogP contribution < -0.4 is 0 Å². The number of amides is 1. The van der Waals surface area contributed by atoms with Gasteiger partial charge in [0.1, 0.15) is 0 Å². The lowest BCUT2D eigenvalue weighted by Gasteiger charge is -2.32. The first-order valence-electron chi connectivity index (χ1n) is 8.75. The number of carbonyl (C=O) groups excluding carboxylic acids is 1. The van der Waals surface area contributed by atoms with Crippen LogP contribution >= 0.6 is 0 Å². The molecule has 0 bridgehead atoms. The molecule has 1 aromatic carbocycles. The molecule has 0 aliphatic carbocycles. The second-order valence-electron chi connectivity index (χ2n) is 6.80. The van der Waals surface area contributed by atoms with E-state index in [1.807, 2.05) is 45.0 Å². The number of hydrogen-bond donors (Lipinski definition) is 1. The van der Waals surface area contributed by atoms with Crippen LogP contribution in [-0.4, -0.2) is 52.3 Å². The van der Waals surface area contributed by atoms with Crippen molar-refractivity contribution < 1.29 is 19.4 Å². The number of benzene rings is 1. The van der Waals surface area contributed by atoms with Crippen LogP contribution in [0.5, 0.6) is 0 Å². The van der Waals surface area contributed by atoms with Crippen LogP contribution in [-0.2, 0) is 9.53 Å². The summed E-state index contributed by atoms with van der Waals surface area (Å²) in [6.45, 7) is 7.11. The van der Waals surface area contributed by atoms with E-state index >= 15 is 0 Å². The van der Waals surface area contributed by atoms with Crippen molar-refractivity contribution in [3.8, 4) is 5.69 Å². The van der Waals surface area contributed by atoms with Gasteiger partial charge in [-0.25, -0.2) is 0 Å². The summed E-state index contributed by atoms with van der Waals surface area (Å²) in [6, 6.07) is 10.1. The van der Waals surface area contributed by atoms with E-state index in [0.29, 0.717) is 25.3 Å². The fourth-order valence-corrected chi connectivity index (χ4v) is 3.54. The first-order valence-corrected chi connectivity index (χ1v) is 8.75. The van der Waals surface area contributed by atoms with Gasteiger partial charge in [0, 0.05) is 30.2 Å². The minimum Gasteiger partial charge on any atom is -0.481 e. The number of aromatic nitrogens is 1. The number of morpholine rings is 1. The largest absolute Gasteiger partial charge is 0.481 e. The van der Waals surface area contributed by atoms with Crippen molar-refractivity contribution in [2.75, 3.05) is 19.7 Å². The maximum absolute atomic E-state index is 13.0. The number of hydrogen-bond acceptors (Lipinski definition) is 3. The van der Waals surface area contributed by atoms with E-state index in [1.165, 1.54) is 0 Å². The number of ether oxygens (including phenoxy) is 1. The molecule has 1 atom stereocenters. The van der Waals surface area contributed by atoms with Crippen LogP contribution in [0.3, 0.4) is 0 Å². The normalized spacial score (nSPS) is 17.3. The van der Waals surface area contributed by atoms with Gasteiger partial charge in [-0.3, -0.25) is 9.59 Å². The van der Waals surface area contributed by atoms with E-state index in [0.717, 1.165) is 22.6 Å². The fraction of sp³-hybridized carbons (Fsp3) is 0.400. The van der Waals surface area contributed by atoms with Gasteiger partial charge in [-0.1, -0.05) is 12.1 Å². The summed E-state index contributed by atoms with van der Waals surface area (Å²) in [6.07, 6.45) is -0.544. The quantitative estimate of drug-likeness (QED) is 0.914. The number of carboxylic acid groups (broad SMARTS) is 1. The number of carbonyl (C=O) groups is 2. The molecule has 2 heterocycles.